The van der Waals surface area contributed by atoms with Crippen molar-refractivity contribution in [1.29, 1.82) is 0 Å². The second kappa shape index (κ2) is 8.28. The molecule has 6 heteroatoms. The van der Waals surface area contributed by atoms with Crippen LogP contribution in [-0.4, -0.2) is 31.7 Å². The van der Waals surface area contributed by atoms with E-state index in [9.17, 15) is 13.2 Å². The molecule has 2 aromatic carbocycles. The first kappa shape index (κ1) is 21.5. The number of hydrogen-bond donors (Lipinski definition) is 1. The van der Waals surface area contributed by atoms with Gasteiger partial charge in [0, 0.05) is 24.7 Å². The van der Waals surface area contributed by atoms with Gasteiger partial charge in [-0.25, -0.2) is 8.42 Å². The first-order valence-electron chi connectivity index (χ1n) is 10.1. The average molecular weight is 415 g/mol. The van der Waals surface area contributed by atoms with Crippen LogP contribution in [0.5, 0.6) is 0 Å². The third-order valence-electron chi connectivity index (χ3n) is 5.80. The van der Waals surface area contributed by atoms with Crippen molar-refractivity contribution in [3.8, 4) is 0 Å². The topological polar surface area (TPSA) is 66.5 Å². The van der Waals surface area contributed by atoms with E-state index < -0.39 is 10.0 Å². The Labute approximate surface area is 174 Å². The van der Waals surface area contributed by atoms with Crippen LogP contribution in [0.3, 0.4) is 0 Å². The van der Waals surface area contributed by atoms with Crippen LogP contribution in [0.15, 0.2) is 35.2 Å². The van der Waals surface area contributed by atoms with Gasteiger partial charge in [0.2, 0.25) is 15.9 Å². The Balaban J connectivity index is 1.68. The number of benzene rings is 2. The molecule has 0 unspecified atom stereocenters. The van der Waals surface area contributed by atoms with E-state index in [-0.39, 0.29) is 11.8 Å². The molecule has 0 saturated carbocycles. The van der Waals surface area contributed by atoms with E-state index in [1.54, 1.807) is 0 Å². The lowest BCUT2D eigenvalue weighted by atomic mass is 9.97. The first-order chi connectivity index (χ1) is 13.6. The highest BCUT2D eigenvalue weighted by molar-refractivity contribution is 7.89. The van der Waals surface area contributed by atoms with Crippen LogP contribution in [0.25, 0.3) is 0 Å². The molecule has 156 valence electrons. The number of nitrogens with one attached hydrogen (secondary N) is 1. The quantitative estimate of drug-likeness (QED) is 0.812. The minimum absolute atomic E-state index is 0.0343. The highest BCUT2D eigenvalue weighted by Crippen LogP contribution is 2.29. The van der Waals surface area contributed by atoms with Crippen LogP contribution in [0.1, 0.15) is 40.7 Å². The maximum Gasteiger partial charge on any atom is 0.243 e. The molecule has 5 nitrogen and oxygen atoms in total. The second-order valence-electron chi connectivity index (χ2n) is 8.19. The molecule has 1 N–H and O–H groups in total. The SMILES string of the molecule is Cc1cc(C)c(S(=O)(=O)N2CCC(C(=O)Nc3ccc(C)c(C)c3)CC2)c(C)c1. The van der Waals surface area contributed by atoms with Crippen molar-refractivity contribution < 1.29 is 13.2 Å². The average Bonchev–Trinajstić information content (AvgIpc) is 2.63. The molecule has 1 saturated heterocycles. The number of carbonyl (C=O) groups excluding carboxylic acids is 1. The van der Waals surface area contributed by atoms with E-state index in [4.69, 9.17) is 0 Å². The minimum Gasteiger partial charge on any atom is -0.326 e. The Bertz CT molecular complexity index is 1010. The summed E-state index contributed by atoms with van der Waals surface area (Å²) in [5.74, 6) is -0.212. The predicted octanol–water partition coefficient (Wildman–Crippen LogP) is 4.27. The molecule has 1 fully saturated rings. The number of anilines is 1. The van der Waals surface area contributed by atoms with Gasteiger partial charge in [-0.15, -0.1) is 0 Å². The molecule has 0 atom stereocenters. The zero-order valence-corrected chi connectivity index (χ0v) is 18.7. The number of carbonyl (C=O) groups is 1. The molecule has 0 aliphatic carbocycles. The Morgan fingerprint density at radius 3 is 2.03 bits per heavy atom. The van der Waals surface area contributed by atoms with Gasteiger partial charge in [-0.05, 0) is 81.8 Å². The maximum atomic E-state index is 13.2. The summed E-state index contributed by atoms with van der Waals surface area (Å²) in [6.45, 7) is 10.4. The summed E-state index contributed by atoms with van der Waals surface area (Å²) in [7, 11) is -3.56. The third kappa shape index (κ3) is 4.54. The van der Waals surface area contributed by atoms with Gasteiger partial charge in [0.1, 0.15) is 0 Å². The van der Waals surface area contributed by atoms with E-state index >= 15 is 0 Å². The van der Waals surface area contributed by atoms with Crippen molar-refractivity contribution in [2.45, 2.75) is 52.4 Å². The molecule has 0 bridgehead atoms. The van der Waals surface area contributed by atoms with Crippen molar-refractivity contribution >= 4 is 21.6 Å². The van der Waals surface area contributed by atoms with Crippen LogP contribution in [0.2, 0.25) is 0 Å². The highest BCUT2D eigenvalue weighted by Gasteiger charge is 2.33. The van der Waals surface area contributed by atoms with Gasteiger partial charge in [-0.1, -0.05) is 23.8 Å². The van der Waals surface area contributed by atoms with Gasteiger partial charge in [-0.2, -0.15) is 4.31 Å². The van der Waals surface area contributed by atoms with E-state index in [0.717, 1.165) is 27.9 Å². The molecular formula is C23H30N2O3S. The van der Waals surface area contributed by atoms with Crippen molar-refractivity contribution in [1.82, 2.24) is 4.31 Å². The van der Waals surface area contributed by atoms with E-state index in [1.165, 1.54) is 9.87 Å². The van der Waals surface area contributed by atoms with E-state index in [1.807, 2.05) is 65.0 Å². The monoisotopic (exact) mass is 414 g/mol. The molecular weight excluding hydrogens is 384 g/mol. The molecule has 29 heavy (non-hydrogen) atoms. The van der Waals surface area contributed by atoms with Gasteiger partial charge in [-0.3, -0.25) is 4.79 Å². The maximum absolute atomic E-state index is 13.2. The lowest BCUT2D eigenvalue weighted by Gasteiger charge is -2.31. The largest absolute Gasteiger partial charge is 0.326 e. The van der Waals surface area contributed by atoms with Gasteiger partial charge in [0.05, 0.1) is 4.90 Å². The van der Waals surface area contributed by atoms with Gasteiger partial charge >= 0.3 is 0 Å². The Morgan fingerprint density at radius 1 is 0.897 bits per heavy atom. The van der Waals surface area contributed by atoms with Crippen molar-refractivity contribution in [3.63, 3.8) is 0 Å². The Morgan fingerprint density at radius 2 is 1.48 bits per heavy atom. The number of amides is 1. The summed E-state index contributed by atoms with van der Waals surface area (Å²) >= 11 is 0. The molecule has 1 amide bonds. The van der Waals surface area contributed by atoms with E-state index in [0.29, 0.717) is 30.8 Å². The van der Waals surface area contributed by atoms with Gasteiger partial charge in [0.15, 0.2) is 0 Å². The number of piperidine rings is 1. The zero-order valence-electron chi connectivity index (χ0n) is 17.9. The molecule has 1 aliphatic heterocycles. The summed E-state index contributed by atoms with van der Waals surface area (Å²) in [5.41, 5.74) is 5.71. The van der Waals surface area contributed by atoms with Crippen molar-refractivity contribution in [2.75, 3.05) is 18.4 Å². The number of hydrogen-bond acceptors (Lipinski definition) is 3. The van der Waals surface area contributed by atoms with Crippen molar-refractivity contribution in [2.24, 2.45) is 5.92 Å². The normalized spacial score (nSPS) is 16.0. The summed E-state index contributed by atoms with van der Waals surface area (Å²) in [5, 5.41) is 2.98. The fourth-order valence-electron chi connectivity index (χ4n) is 4.12. The summed E-state index contributed by atoms with van der Waals surface area (Å²) in [6, 6.07) is 9.68. The van der Waals surface area contributed by atoms with E-state index in [2.05, 4.69) is 5.32 Å². The van der Waals surface area contributed by atoms with Crippen LogP contribution in [0.4, 0.5) is 5.69 Å². The zero-order chi connectivity index (χ0) is 21.3. The van der Waals surface area contributed by atoms with Crippen LogP contribution < -0.4 is 5.32 Å². The predicted molar refractivity (Wildman–Crippen MR) is 117 cm³/mol. The summed E-state index contributed by atoms with van der Waals surface area (Å²) < 4.78 is 27.9. The smallest absolute Gasteiger partial charge is 0.243 e. The highest BCUT2D eigenvalue weighted by atomic mass is 32.2. The Kier molecular flexibility index (Phi) is 6.15. The molecule has 0 spiro atoms. The fourth-order valence-corrected chi connectivity index (χ4v) is 6.01. The standard InChI is InChI=1S/C23H30N2O3S/c1-15-12-18(4)22(19(5)13-15)29(27,28)25-10-8-20(9-11-25)23(26)24-21-7-6-16(2)17(3)14-21/h6-7,12-14,20H,8-11H2,1-5H3,(H,24,26). The first-order valence-corrected chi connectivity index (χ1v) is 11.5. The van der Waals surface area contributed by atoms with Gasteiger partial charge < -0.3 is 5.32 Å². The van der Waals surface area contributed by atoms with Crippen LogP contribution in [0, 0.1) is 40.5 Å². The molecule has 1 aliphatic rings. The number of sulfonamides is 1. The number of rotatable bonds is 4. The molecule has 1 heterocycles. The second-order valence-corrected chi connectivity index (χ2v) is 10.1. The lowest BCUT2D eigenvalue weighted by Crippen LogP contribution is -2.41. The van der Waals surface area contributed by atoms with Gasteiger partial charge in [0.25, 0.3) is 0 Å². The number of aryl methyl sites for hydroxylation is 5. The summed E-state index contributed by atoms with van der Waals surface area (Å²) in [6.07, 6.45) is 1.06. The van der Waals surface area contributed by atoms with Crippen LogP contribution in [-0.2, 0) is 14.8 Å². The lowest BCUT2D eigenvalue weighted by molar-refractivity contribution is -0.120. The molecule has 0 aromatic heterocycles. The summed E-state index contributed by atoms with van der Waals surface area (Å²) in [4.78, 5) is 13.1. The minimum atomic E-state index is -3.56. The molecule has 3 rings (SSSR count). The number of nitrogens with zero attached hydrogens (tertiary/aromatic N) is 1. The van der Waals surface area contributed by atoms with Crippen LogP contribution >= 0.6 is 0 Å². The molecule has 2 aromatic rings. The third-order valence-corrected chi connectivity index (χ3v) is 8.01. The van der Waals surface area contributed by atoms with Crippen molar-refractivity contribution in [3.05, 3.63) is 58.1 Å². The molecule has 0 radical (unpaired) electrons. The Hall–Kier alpha value is -2.18. The fraction of sp³-hybridized carbons (Fsp3) is 0.435.